The van der Waals surface area contributed by atoms with Gasteiger partial charge in [0.15, 0.2) is 0 Å². The number of hydrogen-bond acceptors (Lipinski definition) is 6. The zero-order valence-corrected chi connectivity index (χ0v) is 18.6. The largest absolute Gasteiger partial charge is 0.398 e. The number of nitrogen functional groups attached to an aromatic ring is 1. The number of hydrogen-bond donors (Lipinski definition) is 5. The molecule has 1 fully saturated rings. The lowest BCUT2D eigenvalue weighted by molar-refractivity contribution is 0.268. The van der Waals surface area contributed by atoms with Gasteiger partial charge in [0.25, 0.3) is 0 Å². The lowest BCUT2D eigenvalue weighted by Gasteiger charge is -2.31. The van der Waals surface area contributed by atoms with Gasteiger partial charge in [0.2, 0.25) is 10.0 Å². The summed E-state index contributed by atoms with van der Waals surface area (Å²) in [5.74, 6) is 1.04. The van der Waals surface area contributed by atoms with Gasteiger partial charge in [0, 0.05) is 19.6 Å². The molecule has 1 aliphatic carbocycles. The topological polar surface area (TPSA) is 108 Å². The summed E-state index contributed by atoms with van der Waals surface area (Å²) >= 11 is 0. The molecule has 0 aromatic heterocycles. The lowest BCUT2D eigenvalue weighted by Crippen LogP contribution is -2.42. The van der Waals surface area contributed by atoms with Gasteiger partial charge in [-0.25, -0.2) is 13.1 Å². The molecule has 0 amide bonds. The van der Waals surface area contributed by atoms with E-state index in [1.54, 1.807) is 24.3 Å². The molecule has 168 valence electrons. The Kier molecular flexibility index (Phi) is 6.99. The quantitative estimate of drug-likeness (QED) is 0.402. The maximum absolute atomic E-state index is 12.5. The van der Waals surface area contributed by atoms with Crippen molar-refractivity contribution < 1.29 is 8.42 Å². The highest BCUT2D eigenvalue weighted by molar-refractivity contribution is 7.89. The van der Waals surface area contributed by atoms with Crippen LogP contribution in [0.1, 0.15) is 25.7 Å². The average molecular weight is 444 g/mol. The molecule has 6 N–H and O–H groups in total. The van der Waals surface area contributed by atoms with Gasteiger partial charge in [-0.2, -0.15) is 0 Å². The molecule has 1 unspecified atom stereocenters. The van der Waals surface area contributed by atoms with Gasteiger partial charge in [-0.05, 0) is 68.3 Å². The predicted octanol–water partition coefficient (Wildman–Crippen LogP) is 2.85. The van der Waals surface area contributed by atoms with Gasteiger partial charge in [-0.1, -0.05) is 24.3 Å². The second-order valence-corrected chi connectivity index (χ2v) is 10.4. The van der Waals surface area contributed by atoms with Crippen LogP contribution in [0, 0.1) is 11.8 Å². The molecule has 0 radical (unpaired) electrons. The summed E-state index contributed by atoms with van der Waals surface area (Å²) in [6.07, 6.45) is 4.36. The van der Waals surface area contributed by atoms with E-state index in [-0.39, 0.29) is 10.6 Å². The van der Waals surface area contributed by atoms with Crippen molar-refractivity contribution in [2.75, 3.05) is 42.5 Å². The minimum Gasteiger partial charge on any atom is -0.398 e. The molecule has 0 bridgehead atoms. The van der Waals surface area contributed by atoms with Crippen molar-refractivity contribution in [2.24, 2.45) is 11.8 Å². The Balaban J connectivity index is 1.15. The molecule has 2 aromatic rings. The smallest absolute Gasteiger partial charge is 0.242 e. The second kappa shape index (κ2) is 9.89. The van der Waals surface area contributed by atoms with Crippen LogP contribution in [0.15, 0.2) is 53.4 Å². The van der Waals surface area contributed by atoms with E-state index in [1.165, 1.54) is 11.4 Å². The third-order valence-electron chi connectivity index (χ3n) is 6.39. The molecule has 1 saturated carbocycles. The van der Waals surface area contributed by atoms with Crippen LogP contribution in [0.25, 0.3) is 0 Å². The zero-order valence-electron chi connectivity index (χ0n) is 17.8. The molecule has 4 rings (SSSR count). The summed E-state index contributed by atoms with van der Waals surface area (Å²) in [6.45, 7) is 3.34. The molecule has 1 atom stereocenters. The Morgan fingerprint density at radius 3 is 2.26 bits per heavy atom. The lowest BCUT2D eigenvalue weighted by atomic mass is 9.82. The molecule has 1 heterocycles. The molecule has 2 aliphatic rings. The first-order chi connectivity index (χ1) is 15.0. The van der Waals surface area contributed by atoms with Gasteiger partial charge in [0.05, 0.1) is 23.1 Å². The van der Waals surface area contributed by atoms with E-state index in [1.807, 2.05) is 6.07 Å². The van der Waals surface area contributed by atoms with Gasteiger partial charge >= 0.3 is 0 Å². The standard InChI is InChI=1S/C23H33N5O2S/c24-20-5-1-4-8-23(20)31(29,30)27-14-18-11-9-17(10-12-18)13-25-15-19-16-26-21-6-2-3-7-22(21)28-19/h1-8,17-19,25-28H,9-16,24H2. The molecular weight excluding hydrogens is 410 g/mol. The summed E-state index contributed by atoms with van der Waals surface area (Å²) < 4.78 is 27.8. The molecule has 1 aliphatic heterocycles. The van der Waals surface area contributed by atoms with Gasteiger partial charge < -0.3 is 21.7 Å². The monoisotopic (exact) mass is 443 g/mol. The first kappa shape index (κ1) is 21.9. The van der Waals surface area contributed by atoms with Crippen molar-refractivity contribution in [3.63, 3.8) is 0 Å². The fourth-order valence-electron chi connectivity index (χ4n) is 4.52. The highest BCUT2D eigenvalue weighted by Crippen LogP contribution is 2.29. The summed E-state index contributed by atoms with van der Waals surface area (Å²) in [4.78, 5) is 0.168. The Bertz CT molecular complexity index is 973. The maximum atomic E-state index is 12.5. The van der Waals surface area contributed by atoms with Crippen LogP contribution in [0.4, 0.5) is 17.1 Å². The van der Waals surface area contributed by atoms with Crippen molar-refractivity contribution in [1.82, 2.24) is 10.0 Å². The molecule has 31 heavy (non-hydrogen) atoms. The van der Waals surface area contributed by atoms with E-state index in [4.69, 9.17) is 5.73 Å². The Hall–Kier alpha value is -2.29. The molecule has 7 nitrogen and oxygen atoms in total. The van der Waals surface area contributed by atoms with Gasteiger partial charge in [0.1, 0.15) is 4.90 Å². The summed E-state index contributed by atoms with van der Waals surface area (Å²) in [7, 11) is -3.55. The highest BCUT2D eigenvalue weighted by Gasteiger charge is 2.24. The number of fused-ring (bicyclic) bond motifs is 1. The van der Waals surface area contributed by atoms with Crippen molar-refractivity contribution >= 4 is 27.1 Å². The number of rotatable bonds is 8. The summed E-state index contributed by atoms with van der Waals surface area (Å²) in [5, 5.41) is 10.7. The Morgan fingerprint density at radius 2 is 1.52 bits per heavy atom. The number of nitrogens with two attached hydrogens (primary N) is 1. The predicted molar refractivity (Wildman–Crippen MR) is 127 cm³/mol. The third kappa shape index (κ3) is 5.70. The van der Waals surface area contributed by atoms with Crippen LogP contribution in [0.5, 0.6) is 0 Å². The number of nitrogens with one attached hydrogen (secondary N) is 4. The van der Waals surface area contributed by atoms with Crippen molar-refractivity contribution in [3.05, 3.63) is 48.5 Å². The van der Waals surface area contributed by atoms with Crippen LogP contribution < -0.4 is 26.4 Å². The minimum atomic E-state index is -3.55. The van der Waals surface area contributed by atoms with Crippen LogP contribution in [-0.4, -0.2) is 40.6 Å². The number of benzene rings is 2. The van der Waals surface area contributed by atoms with Gasteiger partial charge in [-0.3, -0.25) is 0 Å². The molecular formula is C23H33N5O2S. The number of para-hydroxylation sites is 3. The Morgan fingerprint density at radius 1 is 0.871 bits per heavy atom. The van der Waals surface area contributed by atoms with Crippen molar-refractivity contribution in [3.8, 4) is 0 Å². The van der Waals surface area contributed by atoms with E-state index >= 15 is 0 Å². The van der Waals surface area contributed by atoms with E-state index in [0.29, 0.717) is 24.4 Å². The molecule has 8 heteroatoms. The molecule has 0 saturated heterocycles. The van der Waals surface area contributed by atoms with E-state index in [2.05, 4.69) is 38.9 Å². The molecule has 2 aromatic carbocycles. The maximum Gasteiger partial charge on any atom is 0.242 e. The van der Waals surface area contributed by atoms with Crippen LogP contribution >= 0.6 is 0 Å². The third-order valence-corrected chi connectivity index (χ3v) is 7.88. The van der Waals surface area contributed by atoms with E-state index < -0.39 is 10.0 Å². The van der Waals surface area contributed by atoms with Crippen molar-refractivity contribution in [1.29, 1.82) is 0 Å². The molecule has 0 spiro atoms. The van der Waals surface area contributed by atoms with Crippen LogP contribution in [0.2, 0.25) is 0 Å². The van der Waals surface area contributed by atoms with Crippen LogP contribution in [0.3, 0.4) is 0 Å². The fourth-order valence-corrected chi connectivity index (χ4v) is 5.77. The summed E-state index contributed by atoms with van der Waals surface area (Å²) in [5.41, 5.74) is 8.45. The number of sulfonamides is 1. The Labute approximate surface area is 185 Å². The first-order valence-electron chi connectivity index (χ1n) is 11.2. The first-order valence-corrected chi connectivity index (χ1v) is 12.6. The summed E-state index contributed by atoms with van der Waals surface area (Å²) in [6, 6.07) is 15.3. The van der Waals surface area contributed by atoms with Crippen LogP contribution in [-0.2, 0) is 10.0 Å². The minimum absolute atomic E-state index is 0.168. The highest BCUT2D eigenvalue weighted by atomic mass is 32.2. The van der Waals surface area contributed by atoms with E-state index in [0.717, 1.165) is 45.3 Å². The van der Waals surface area contributed by atoms with Gasteiger partial charge in [-0.15, -0.1) is 0 Å². The SMILES string of the molecule is Nc1ccccc1S(=O)(=O)NCC1CCC(CNCC2CNc3ccccc3N2)CC1. The second-order valence-electron chi connectivity index (χ2n) is 8.70. The fraction of sp³-hybridized carbons (Fsp3) is 0.478. The van der Waals surface area contributed by atoms with E-state index in [9.17, 15) is 8.42 Å². The number of anilines is 3. The van der Waals surface area contributed by atoms with Crippen molar-refractivity contribution in [2.45, 2.75) is 36.6 Å². The zero-order chi connectivity index (χ0) is 21.7. The average Bonchev–Trinajstić information content (AvgIpc) is 2.79. The normalized spacial score (nSPS) is 23.4.